The summed E-state index contributed by atoms with van der Waals surface area (Å²) in [7, 11) is 2.25. The van der Waals surface area contributed by atoms with Gasteiger partial charge in [-0.25, -0.2) is 0 Å². The normalized spacial score (nSPS) is 18.7. The fraction of sp³-hybridized carbons (Fsp3) is 0.259. The Hall–Kier alpha value is -2.08. The summed E-state index contributed by atoms with van der Waals surface area (Å²) in [6, 6.07) is 22.8. The summed E-state index contributed by atoms with van der Waals surface area (Å²) in [5, 5.41) is 6.73. The van der Waals surface area contributed by atoms with Crippen molar-refractivity contribution >= 4 is 61.0 Å². The summed E-state index contributed by atoms with van der Waals surface area (Å²) < 4.78 is 6.60. The van der Waals surface area contributed by atoms with E-state index in [4.69, 9.17) is 0 Å². The maximum atomic E-state index is 3.73. The number of thiophene rings is 3. The van der Waals surface area contributed by atoms with Crippen LogP contribution in [0.5, 0.6) is 5.75 Å². The van der Waals surface area contributed by atoms with E-state index in [2.05, 4.69) is 88.2 Å². The molecule has 3 aromatic heterocycles. The molecule has 0 atom stereocenters. The van der Waals surface area contributed by atoms with E-state index in [0.717, 1.165) is 0 Å². The van der Waals surface area contributed by atoms with Crippen molar-refractivity contribution in [3.8, 4) is 5.75 Å². The quantitative estimate of drug-likeness (QED) is 0.212. The molecule has 1 fully saturated rings. The fourth-order valence-electron chi connectivity index (χ4n) is 6.12. The molecule has 1 nitrogen and oxygen atoms in total. The van der Waals surface area contributed by atoms with Gasteiger partial charge in [-0.3, -0.25) is 0 Å². The first-order valence-electron chi connectivity index (χ1n) is 11.6. The first-order chi connectivity index (χ1) is 15.8. The Morgan fingerprint density at radius 2 is 1.41 bits per heavy atom. The Labute approximate surface area is 202 Å². The van der Waals surface area contributed by atoms with Crippen molar-refractivity contribution in [2.45, 2.75) is 32.1 Å². The number of hydrogen-bond donors (Lipinski definition) is 0. The summed E-state index contributed by atoms with van der Waals surface area (Å²) in [4.78, 5) is 1.42. The summed E-state index contributed by atoms with van der Waals surface area (Å²) in [6.45, 7) is 0. The van der Waals surface area contributed by atoms with Gasteiger partial charge in [-0.05, 0) is 56.6 Å². The number of allylic oxidation sites excluding steroid dienone is 1. The zero-order valence-electron chi connectivity index (χ0n) is 18.3. The van der Waals surface area contributed by atoms with Gasteiger partial charge >= 0.3 is 6.35 Å². The number of para-hydroxylation sites is 1. The lowest BCUT2D eigenvalue weighted by Crippen LogP contribution is -2.64. The highest BCUT2D eigenvalue weighted by Gasteiger charge is 2.54. The molecule has 6 rings (SSSR count). The van der Waals surface area contributed by atoms with Gasteiger partial charge in [0.1, 0.15) is 7.11 Å². The smallest absolute Gasteiger partial charge is 0.434 e. The first kappa shape index (κ1) is 20.5. The molecule has 1 aromatic carbocycles. The Balaban J connectivity index is 1.77. The lowest BCUT2D eigenvalue weighted by molar-refractivity contribution is 0.173. The minimum Gasteiger partial charge on any atom is -0.809 e. The van der Waals surface area contributed by atoms with Crippen LogP contribution in [0.4, 0.5) is 0 Å². The summed E-state index contributed by atoms with van der Waals surface area (Å²) in [5.74, 6) is 1.92. The Kier molecular flexibility index (Phi) is 5.37. The fourth-order valence-corrected chi connectivity index (χ4v) is 9.16. The average Bonchev–Trinajstić information content (AvgIpc) is 3.64. The van der Waals surface area contributed by atoms with E-state index in [9.17, 15) is 0 Å². The van der Waals surface area contributed by atoms with Crippen LogP contribution in [0.25, 0.3) is 11.0 Å². The van der Waals surface area contributed by atoms with E-state index in [1.807, 2.05) is 34.0 Å². The summed E-state index contributed by atoms with van der Waals surface area (Å²) in [6.07, 6.45) is 5.33. The van der Waals surface area contributed by atoms with E-state index >= 15 is 0 Å². The molecule has 2 aliphatic rings. The SMILES string of the molecule is C[O+]1c2ccccc2C(C2CCCCC2)=C(c2cccs2)[B-]1(c1cccs1)c1cccs1. The minimum atomic E-state index is -1.33. The van der Waals surface area contributed by atoms with Crippen molar-refractivity contribution < 1.29 is 4.28 Å². The molecule has 1 aliphatic carbocycles. The minimum absolute atomic E-state index is 0.623. The van der Waals surface area contributed by atoms with Gasteiger partial charge in [0.25, 0.3) is 0 Å². The van der Waals surface area contributed by atoms with Crippen molar-refractivity contribution in [1.29, 1.82) is 0 Å². The van der Waals surface area contributed by atoms with Gasteiger partial charge in [-0.1, -0.05) is 72.8 Å². The molecular weight excluding hydrogens is 447 g/mol. The van der Waals surface area contributed by atoms with Gasteiger partial charge in [0, 0.05) is 10.9 Å². The summed E-state index contributed by atoms with van der Waals surface area (Å²) in [5.41, 5.74) is 4.57. The van der Waals surface area contributed by atoms with Crippen molar-refractivity contribution in [3.05, 3.63) is 87.2 Å². The van der Waals surface area contributed by atoms with Gasteiger partial charge in [0.2, 0.25) is 5.75 Å². The molecule has 1 aliphatic heterocycles. The first-order valence-corrected chi connectivity index (χ1v) is 14.2. The third-order valence-electron chi connectivity index (χ3n) is 7.44. The molecular formula is C27H27BOS3. The van der Waals surface area contributed by atoms with Crippen molar-refractivity contribution in [3.63, 3.8) is 0 Å². The van der Waals surface area contributed by atoms with Crippen LogP contribution in [0.3, 0.4) is 0 Å². The largest absolute Gasteiger partial charge is 0.809 e. The highest BCUT2D eigenvalue weighted by Crippen LogP contribution is 2.54. The van der Waals surface area contributed by atoms with Gasteiger partial charge in [-0.15, -0.1) is 11.3 Å². The van der Waals surface area contributed by atoms with E-state index in [1.165, 1.54) is 57.8 Å². The van der Waals surface area contributed by atoms with Crippen LogP contribution in [0.15, 0.2) is 76.8 Å². The number of fused-ring (bicyclic) bond motifs is 1. The highest BCUT2D eigenvalue weighted by atomic mass is 32.1. The Morgan fingerprint density at radius 1 is 0.750 bits per heavy atom. The van der Waals surface area contributed by atoms with E-state index in [1.54, 1.807) is 11.0 Å². The molecule has 1 saturated carbocycles. The van der Waals surface area contributed by atoms with Gasteiger partial charge in [0.05, 0.1) is 5.56 Å². The molecule has 0 N–H and O–H groups in total. The van der Waals surface area contributed by atoms with Crippen LogP contribution in [-0.2, 0) is 4.28 Å². The van der Waals surface area contributed by atoms with Crippen molar-refractivity contribution in [1.82, 2.24) is 0 Å². The zero-order chi connectivity index (χ0) is 21.5. The van der Waals surface area contributed by atoms with E-state index in [0.29, 0.717) is 5.92 Å². The van der Waals surface area contributed by atoms with Crippen LogP contribution in [0.2, 0.25) is 0 Å². The molecule has 0 amide bonds. The number of rotatable bonds is 4. The standard InChI is InChI=1S/C27H27BOS3/c1-29-22-13-6-5-12-21(22)26(20-10-3-2-4-11-20)27(23-14-7-17-30-23)28(29,24-15-8-18-31-24)25-16-9-19-32-25/h5-9,12-20H,2-4,10-11H2,1H3. The molecule has 0 spiro atoms. The molecule has 0 radical (unpaired) electrons. The number of benzene rings is 1. The van der Waals surface area contributed by atoms with Crippen LogP contribution < -0.4 is 9.55 Å². The number of hydrogen-bond acceptors (Lipinski definition) is 3. The Bertz CT molecular complexity index is 1180. The highest BCUT2D eigenvalue weighted by molar-refractivity contribution is 7.40. The summed E-state index contributed by atoms with van der Waals surface area (Å²) >= 11 is 5.69. The molecule has 4 aromatic rings. The second-order valence-electron chi connectivity index (χ2n) is 9.01. The third-order valence-corrected chi connectivity index (χ3v) is 10.4. The second kappa shape index (κ2) is 8.37. The van der Waals surface area contributed by atoms with Gasteiger partial charge in [-0.2, -0.15) is 22.7 Å². The van der Waals surface area contributed by atoms with Crippen molar-refractivity contribution in [2.75, 3.05) is 7.11 Å². The van der Waals surface area contributed by atoms with Crippen LogP contribution in [-0.4, -0.2) is 13.5 Å². The van der Waals surface area contributed by atoms with E-state index in [-0.39, 0.29) is 0 Å². The zero-order valence-corrected chi connectivity index (χ0v) is 20.8. The molecule has 162 valence electrons. The maximum absolute atomic E-state index is 3.73. The maximum Gasteiger partial charge on any atom is 0.434 e. The third kappa shape index (κ3) is 3.02. The molecule has 32 heavy (non-hydrogen) atoms. The molecule has 0 saturated heterocycles. The van der Waals surface area contributed by atoms with Crippen molar-refractivity contribution in [2.24, 2.45) is 5.92 Å². The Morgan fingerprint density at radius 3 is 2.03 bits per heavy atom. The topological polar surface area (TPSA) is 2.70 Å². The lowest BCUT2D eigenvalue weighted by atomic mass is 9.30. The monoisotopic (exact) mass is 474 g/mol. The lowest BCUT2D eigenvalue weighted by Gasteiger charge is -2.54. The predicted molar refractivity (Wildman–Crippen MR) is 144 cm³/mol. The average molecular weight is 475 g/mol. The molecule has 5 heteroatoms. The van der Waals surface area contributed by atoms with Gasteiger partial charge < -0.3 is 4.28 Å². The van der Waals surface area contributed by atoms with Gasteiger partial charge in [0.15, 0.2) is 0 Å². The van der Waals surface area contributed by atoms with Crippen LogP contribution >= 0.6 is 34.0 Å². The second-order valence-corrected chi connectivity index (χ2v) is 11.9. The van der Waals surface area contributed by atoms with E-state index < -0.39 is 6.35 Å². The molecule has 0 unspecified atom stereocenters. The predicted octanol–water partition coefficient (Wildman–Crippen LogP) is 7.57. The molecule has 0 bridgehead atoms. The molecule has 4 heterocycles. The van der Waals surface area contributed by atoms with Crippen LogP contribution in [0, 0.1) is 5.92 Å². The van der Waals surface area contributed by atoms with Crippen LogP contribution in [0.1, 0.15) is 42.5 Å².